The van der Waals surface area contributed by atoms with Gasteiger partial charge in [0.05, 0.1) is 11.1 Å². The number of hydrogen-bond acceptors (Lipinski definition) is 3. The molecule has 0 amide bonds. The first-order valence-corrected chi connectivity index (χ1v) is 4.70. The van der Waals surface area contributed by atoms with Gasteiger partial charge in [0, 0.05) is 12.4 Å². The van der Waals surface area contributed by atoms with Crippen LogP contribution in [-0.4, -0.2) is 21.0 Å². The quantitative estimate of drug-likeness (QED) is 0.807. The van der Waals surface area contributed by atoms with Crippen molar-refractivity contribution in [1.82, 2.24) is 9.97 Å². The Balaban J connectivity index is 2.83. The van der Waals surface area contributed by atoms with Crippen LogP contribution in [0.25, 0.3) is 11.0 Å². The summed E-state index contributed by atoms with van der Waals surface area (Å²) in [6.07, 6.45) is 3.90. The van der Waals surface area contributed by atoms with Gasteiger partial charge in [-0.2, -0.15) is 0 Å². The molecular weight excluding hydrogens is 192 g/mol. The number of fused-ring (bicyclic) bond motifs is 1. The predicted molar refractivity (Wildman–Crippen MR) is 55.9 cm³/mol. The molecule has 0 aliphatic rings. The first-order valence-electron chi connectivity index (χ1n) is 4.70. The molecule has 4 nitrogen and oxygen atoms in total. The minimum absolute atomic E-state index is 0.204. The topological polar surface area (TPSA) is 63.1 Å². The molecule has 0 aliphatic carbocycles. The van der Waals surface area contributed by atoms with Gasteiger partial charge in [-0.05, 0) is 18.1 Å². The van der Waals surface area contributed by atoms with Crippen molar-refractivity contribution in [1.29, 1.82) is 0 Å². The van der Waals surface area contributed by atoms with Crippen LogP contribution in [0.15, 0.2) is 24.5 Å². The average Bonchev–Trinajstić information content (AvgIpc) is 2.27. The Kier molecular flexibility index (Phi) is 2.33. The lowest BCUT2D eigenvalue weighted by Crippen LogP contribution is -2.01. The van der Waals surface area contributed by atoms with Gasteiger partial charge in [-0.1, -0.05) is 13.0 Å². The second-order valence-electron chi connectivity index (χ2n) is 3.18. The highest BCUT2D eigenvalue weighted by atomic mass is 16.4. The van der Waals surface area contributed by atoms with Crippen molar-refractivity contribution < 1.29 is 9.90 Å². The normalized spacial score (nSPS) is 10.5. The third-order valence-electron chi connectivity index (χ3n) is 2.32. The van der Waals surface area contributed by atoms with Crippen LogP contribution in [0.3, 0.4) is 0 Å². The van der Waals surface area contributed by atoms with E-state index >= 15 is 0 Å². The van der Waals surface area contributed by atoms with E-state index in [0.29, 0.717) is 11.0 Å². The van der Waals surface area contributed by atoms with Crippen LogP contribution in [0.4, 0.5) is 0 Å². The zero-order chi connectivity index (χ0) is 10.8. The van der Waals surface area contributed by atoms with E-state index in [4.69, 9.17) is 5.11 Å². The van der Waals surface area contributed by atoms with Gasteiger partial charge >= 0.3 is 5.97 Å². The van der Waals surface area contributed by atoms with Gasteiger partial charge in [0.1, 0.15) is 5.52 Å². The number of benzene rings is 1. The summed E-state index contributed by atoms with van der Waals surface area (Å²) in [7, 11) is 0. The first kappa shape index (κ1) is 9.58. The lowest BCUT2D eigenvalue weighted by Gasteiger charge is -2.04. The number of carboxylic acid groups (broad SMARTS) is 1. The largest absolute Gasteiger partial charge is 0.478 e. The second kappa shape index (κ2) is 3.65. The number of carboxylic acids is 1. The Labute approximate surface area is 86.6 Å². The molecule has 15 heavy (non-hydrogen) atoms. The van der Waals surface area contributed by atoms with Crippen LogP contribution in [0.1, 0.15) is 22.8 Å². The van der Waals surface area contributed by atoms with E-state index in [1.807, 2.05) is 6.92 Å². The number of carbonyl (C=O) groups is 1. The molecule has 0 bridgehead atoms. The first-order chi connectivity index (χ1) is 7.24. The van der Waals surface area contributed by atoms with E-state index in [1.54, 1.807) is 18.3 Å². The van der Waals surface area contributed by atoms with E-state index < -0.39 is 5.97 Å². The summed E-state index contributed by atoms with van der Waals surface area (Å²) in [6, 6.07) is 3.37. The molecule has 0 fully saturated rings. The number of aromatic carboxylic acids is 1. The van der Waals surface area contributed by atoms with E-state index in [1.165, 1.54) is 6.20 Å². The molecule has 0 saturated carbocycles. The molecule has 0 aliphatic heterocycles. The van der Waals surface area contributed by atoms with Crippen LogP contribution in [0.5, 0.6) is 0 Å². The molecule has 76 valence electrons. The van der Waals surface area contributed by atoms with Crippen molar-refractivity contribution >= 4 is 17.0 Å². The Morgan fingerprint density at radius 2 is 1.93 bits per heavy atom. The van der Waals surface area contributed by atoms with Gasteiger partial charge in [0.25, 0.3) is 0 Å². The zero-order valence-electron chi connectivity index (χ0n) is 8.27. The Hall–Kier alpha value is -1.97. The molecule has 0 atom stereocenters. The Bertz CT molecular complexity index is 523. The predicted octanol–water partition coefficient (Wildman–Crippen LogP) is 1.89. The van der Waals surface area contributed by atoms with Gasteiger partial charge in [-0.15, -0.1) is 0 Å². The summed E-state index contributed by atoms with van der Waals surface area (Å²) in [6.45, 7) is 2.00. The van der Waals surface area contributed by atoms with E-state index in [-0.39, 0.29) is 5.56 Å². The lowest BCUT2D eigenvalue weighted by molar-refractivity contribution is 0.0699. The van der Waals surface area contributed by atoms with Crippen LogP contribution in [0.2, 0.25) is 0 Å². The van der Waals surface area contributed by atoms with E-state index in [0.717, 1.165) is 12.0 Å². The number of rotatable bonds is 2. The highest BCUT2D eigenvalue weighted by Crippen LogP contribution is 2.19. The van der Waals surface area contributed by atoms with Crippen LogP contribution in [0, 0.1) is 0 Å². The molecule has 2 rings (SSSR count). The zero-order valence-corrected chi connectivity index (χ0v) is 8.27. The average molecular weight is 202 g/mol. The van der Waals surface area contributed by atoms with Crippen molar-refractivity contribution in [2.45, 2.75) is 13.3 Å². The molecule has 0 radical (unpaired) electrons. The highest BCUT2D eigenvalue weighted by Gasteiger charge is 2.11. The third-order valence-corrected chi connectivity index (χ3v) is 2.32. The fraction of sp³-hybridized carbons (Fsp3) is 0.182. The maximum atomic E-state index is 10.9. The van der Waals surface area contributed by atoms with Crippen LogP contribution in [-0.2, 0) is 6.42 Å². The summed E-state index contributed by atoms with van der Waals surface area (Å²) in [5, 5.41) is 8.98. The summed E-state index contributed by atoms with van der Waals surface area (Å²) in [4.78, 5) is 19.2. The molecular formula is C11H10N2O2. The standard InChI is InChI=1S/C11H10N2O2/c1-2-7-3-4-8(11(14)15)10-9(7)12-5-6-13-10/h3-6H,2H2,1H3,(H,14,15). The molecule has 0 unspecified atom stereocenters. The van der Waals surface area contributed by atoms with E-state index in [2.05, 4.69) is 9.97 Å². The summed E-state index contributed by atoms with van der Waals surface area (Å²) < 4.78 is 0. The number of nitrogens with zero attached hydrogens (tertiary/aromatic N) is 2. The molecule has 1 aromatic carbocycles. The molecule has 4 heteroatoms. The molecule has 1 heterocycles. The monoisotopic (exact) mass is 202 g/mol. The van der Waals surface area contributed by atoms with Gasteiger partial charge in [0.2, 0.25) is 0 Å². The van der Waals surface area contributed by atoms with Gasteiger partial charge in [-0.3, -0.25) is 9.97 Å². The molecule has 0 spiro atoms. The Morgan fingerprint density at radius 1 is 1.27 bits per heavy atom. The smallest absolute Gasteiger partial charge is 0.337 e. The fourth-order valence-corrected chi connectivity index (χ4v) is 1.57. The highest BCUT2D eigenvalue weighted by molar-refractivity contribution is 6.01. The van der Waals surface area contributed by atoms with Crippen molar-refractivity contribution in [2.75, 3.05) is 0 Å². The van der Waals surface area contributed by atoms with Crippen molar-refractivity contribution in [3.05, 3.63) is 35.7 Å². The number of aryl methyl sites for hydroxylation is 1. The van der Waals surface area contributed by atoms with Crippen molar-refractivity contribution in [3.63, 3.8) is 0 Å². The van der Waals surface area contributed by atoms with Crippen molar-refractivity contribution in [2.24, 2.45) is 0 Å². The molecule has 1 N–H and O–H groups in total. The van der Waals surface area contributed by atoms with Crippen LogP contribution < -0.4 is 0 Å². The Morgan fingerprint density at radius 3 is 2.53 bits per heavy atom. The lowest BCUT2D eigenvalue weighted by atomic mass is 10.1. The summed E-state index contributed by atoms with van der Waals surface area (Å²) in [5.41, 5.74) is 2.36. The van der Waals surface area contributed by atoms with Gasteiger partial charge in [0.15, 0.2) is 0 Å². The maximum absolute atomic E-state index is 10.9. The maximum Gasteiger partial charge on any atom is 0.337 e. The summed E-state index contributed by atoms with van der Waals surface area (Å²) in [5.74, 6) is -0.969. The third kappa shape index (κ3) is 1.54. The molecule has 1 aromatic heterocycles. The number of hydrogen-bond donors (Lipinski definition) is 1. The minimum atomic E-state index is -0.969. The molecule has 0 saturated heterocycles. The SMILES string of the molecule is CCc1ccc(C(=O)O)c2nccnc12. The van der Waals surface area contributed by atoms with Gasteiger partial charge in [-0.25, -0.2) is 4.79 Å². The van der Waals surface area contributed by atoms with Crippen LogP contribution >= 0.6 is 0 Å². The van der Waals surface area contributed by atoms with Crippen molar-refractivity contribution in [3.8, 4) is 0 Å². The second-order valence-corrected chi connectivity index (χ2v) is 3.18. The number of aromatic nitrogens is 2. The van der Waals surface area contributed by atoms with E-state index in [9.17, 15) is 4.79 Å². The summed E-state index contributed by atoms with van der Waals surface area (Å²) >= 11 is 0. The molecule has 2 aromatic rings. The minimum Gasteiger partial charge on any atom is -0.478 e. The van der Waals surface area contributed by atoms with Gasteiger partial charge < -0.3 is 5.11 Å². The fourth-order valence-electron chi connectivity index (χ4n) is 1.57.